The first kappa shape index (κ1) is 22.4. The number of carbonyl (C=O) groups is 3. The summed E-state index contributed by atoms with van der Waals surface area (Å²) in [6.07, 6.45) is 3.70. The lowest BCUT2D eigenvalue weighted by molar-refractivity contribution is -0.158. The van der Waals surface area contributed by atoms with Gasteiger partial charge in [-0.15, -0.1) is 0 Å². The second-order valence-electron chi connectivity index (χ2n) is 6.72. The highest BCUT2D eigenvalue weighted by Gasteiger charge is 2.26. The van der Waals surface area contributed by atoms with E-state index in [1.54, 1.807) is 20.8 Å². The third-order valence-corrected chi connectivity index (χ3v) is 3.24. The van der Waals surface area contributed by atoms with Crippen molar-refractivity contribution in [2.24, 2.45) is 5.73 Å². The fourth-order valence-corrected chi connectivity index (χ4v) is 2.04. The van der Waals surface area contributed by atoms with E-state index in [1.165, 1.54) is 7.11 Å². The Kier molecular flexibility index (Phi) is 11.0. The van der Waals surface area contributed by atoms with Gasteiger partial charge in [0.25, 0.3) is 0 Å². The molecule has 24 heavy (non-hydrogen) atoms. The van der Waals surface area contributed by atoms with Crippen LogP contribution in [-0.4, -0.2) is 43.1 Å². The molecule has 0 fully saturated rings. The summed E-state index contributed by atoms with van der Waals surface area (Å²) in [7, 11) is 1.34. The summed E-state index contributed by atoms with van der Waals surface area (Å²) in [6.45, 7) is 5.91. The van der Waals surface area contributed by atoms with Gasteiger partial charge in [0.05, 0.1) is 7.11 Å². The van der Waals surface area contributed by atoms with Crippen LogP contribution in [0.15, 0.2) is 0 Å². The lowest BCUT2D eigenvalue weighted by Crippen LogP contribution is -2.44. The molecule has 0 saturated carbocycles. The van der Waals surface area contributed by atoms with Gasteiger partial charge in [-0.25, -0.2) is 4.79 Å². The Morgan fingerprint density at radius 3 is 2.21 bits per heavy atom. The van der Waals surface area contributed by atoms with Crippen molar-refractivity contribution in [3.8, 4) is 0 Å². The molecular weight excluding hydrogens is 312 g/mol. The number of nitrogens with two attached hydrogens (primary N) is 1. The Balaban J connectivity index is 4.38. The van der Waals surface area contributed by atoms with Crippen LogP contribution in [0.4, 0.5) is 0 Å². The highest BCUT2D eigenvalue weighted by molar-refractivity contribution is 5.84. The minimum Gasteiger partial charge on any atom is -0.469 e. The van der Waals surface area contributed by atoms with E-state index in [1.807, 2.05) is 0 Å². The second kappa shape index (κ2) is 11.8. The Morgan fingerprint density at radius 1 is 1.04 bits per heavy atom. The summed E-state index contributed by atoms with van der Waals surface area (Å²) in [4.78, 5) is 35.2. The standard InChI is InChI=1S/C17H32N2O5/c1-17(2,3)24-16(22)13(9-7-8-12-18)19-14(20)10-5-6-11-15(21)23-4/h13H,5-12,18H2,1-4H3,(H,19,20)/t13-/m0/s1. The first-order chi connectivity index (χ1) is 11.2. The van der Waals surface area contributed by atoms with Crippen LogP contribution in [0, 0.1) is 0 Å². The number of hydrogen-bond donors (Lipinski definition) is 2. The quantitative estimate of drug-likeness (QED) is 0.436. The number of nitrogens with one attached hydrogen (secondary N) is 1. The number of amides is 1. The normalized spacial score (nSPS) is 12.4. The summed E-state index contributed by atoms with van der Waals surface area (Å²) < 4.78 is 9.90. The molecule has 0 aliphatic carbocycles. The monoisotopic (exact) mass is 344 g/mol. The number of hydrogen-bond acceptors (Lipinski definition) is 6. The van der Waals surface area contributed by atoms with Crippen LogP contribution in [-0.2, 0) is 23.9 Å². The van der Waals surface area contributed by atoms with Crippen molar-refractivity contribution in [3.63, 3.8) is 0 Å². The third-order valence-electron chi connectivity index (χ3n) is 3.24. The molecule has 0 aromatic heterocycles. The van der Waals surface area contributed by atoms with Crippen molar-refractivity contribution < 1.29 is 23.9 Å². The molecule has 0 aliphatic rings. The molecule has 0 aliphatic heterocycles. The molecule has 7 nitrogen and oxygen atoms in total. The van der Waals surface area contributed by atoms with E-state index in [2.05, 4.69) is 10.1 Å². The van der Waals surface area contributed by atoms with Gasteiger partial charge in [-0.1, -0.05) is 0 Å². The van der Waals surface area contributed by atoms with Gasteiger partial charge in [-0.3, -0.25) is 9.59 Å². The molecule has 0 radical (unpaired) electrons. The lowest BCUT2D eigenvalue weighted by atomic mass is 10.1. The second-order valence-corrected chi connectivity index (χ2v) is 6.72. The van der Waals surface area contributed by atoms with Gasteiger partial charge in [-0.2, -0.15) is 0 Å². The van der Waals surface area contributed by atoms with Crippen molar-refractivity contribution in [2.45, 2.75) is 77.4 Å². The molecule has 0 unspecified atom stereocenters. The number of rotatable bonds is 11. The number of carbonyl (C=O) groups excluding carboxylic acids is 3. The summed E-state index contributed by atoms with van der Waals surface area (Å²) in [5, 5.41) is 2.73. The molecule has 0 rings (SSSR count). The molecule has 1 atom stereocenters. The van der Waals surface area contributed by atoms with E-state index in [0.717, 1.165) is 12.8 Å². The van der Waals surface area contributed by atoms with Crippen LogP contribution >= 0.6 is 0 Å². The molecule has 140 valence electrons. The van der Waals surface area contributed by atoms with Crippen LogP contribution in [0.3, 0.4) is 0 Å². The molecule has 1 amide bonds. The predicted octanol–water partition coefficient (Wildman–Crippen LogP) is 1.68. The molecule has 3 N–H and O–H groups in total. The van der Waals surface area contributed by atoms with Gasteiger partial charge in [0.1, 0.15) is 11.6 Å². The zero-order valence-electron chi connectivity index (χ0n) is 15.4. The van der Waals surface area contributed by atoms with Crippen molar-refractivity contribution >= 4 is 17.8 Å². The summed E-state index contributed by atoms with van der Waals surface area (Å²) in [6, 6.07) is -0.663. The largest absolute Gasteiger partial charge is 0.469 e. The van der Waals surface area contributed by atoms with Crippen LogP contribution in [0.2, 0.25) is 0 Å². The zero-order chi connectivity index (χ0) is 18.6. The molecule has 0 bridgehead atoms. The topological polar surface area (TPSA) is 108 Å². The van der Waals surface area contributed by atoms with E-state index in [9.17, 15) is 14.4 Å². The van der Waals surface area contributed by atoms with Crippen molar-refractivity contribution in [3.05, 3.63) is 0 Å². The fraction of sp³-hybridized carbons (Fsp3) is 0.824. The lowest BCUT2D eigenvalue weighted by Gasteiger charge is -2.24. The average molecular weight is 344 g/mol. The fourth-order valence-electron chi connectivity index (χ4n) is 2.04. The molecular formula is C17H32N2O5. The molecule has 0 aromatic rings. The first-order valence-electron chi connectivity index (χ1n) is 8.48. The maximum Gasteiger partial charge on any atom is 0.329 e. The number of esters is 2. The highest BCUT2D eigenvalue weighted by atomic mass is 16.6. The van der Waals surface area contributed by atoms with Gasteiger partial charge < -0.3 is 20.5 Å². The minimum absolute atomic E-state index is 0.219. The molecule has 0 saturated heterocycles. The number of methoxy groups -OCH3 is 1. The zero-order valence-corrected chi connectivity index (χ0v) is 15.4. The van der Waals surface area contributed by atoms with E-state index in [0.29, 0.717) is 25.8 Å². The molecule has 0 heterocycles. The number of unbranched alkanes of at least 4 members (excludes halogenated alkanes) is 2. The Hall–Kier alpha value is -1.63. The first-order valence-corrected chi connectivity index (χ1v) is 8.48. The van der Waals surface area contributed by atoms with Crippen LogP contribution in [0.1, 0.15) is 65.7 Å². The predicted molar refractivity (Wildman–Crippen MR) is 91.2 cm³/mol. The van der Waals surface area contributed by atoms with Gasteiger partial charge in [-0.05, 0) is 59.4 Å². The van der Waals surface area contributed by atoms with Crippen molar-refractivity contribution in [1.29, 1.82) is 0 Å². The molecule has 0 aromatic carbocycles. The Morgan fingerprint density at radius 2 is 1.67 bits per heavy atom. The average Bonchev–Trinajstić information content (AvgIpc) is 2.48. The van der Waals surface area contributed by atoms with Gasteiger partial charge in [0.15, 0.2) is 0 Å². The van der Waals surface area contributed by atoms with E-state index in [-0.39, 0.29) is 24.7 Å². The summed E-state index contributed by atoms with van der Waals surface area (Å²) >= 11 is 0. The maximum atomic E-state index is 12.2. The van der Waals surface area contributed by atoms with Crippen LogP contribution < -0.4 is 11.1 Å². The molecule has 7 heteroatoms. The summed E-state index contributed by atoms with van der Waals surface area (Å²) in [5.74, 6) is -0.935. The van der Waals surface area contributed by atoms with Gasteiger partial charge in [0.2, 0.25) is 5.91 Å². The highest BCUT2D eigenvalue weighted by Crippen LogP contribution is 2.12. The van der Waals surface area contributed by atoms with E-state index in [4.69, 9.17) is 10.5 Å². The summed E-state index contributed by atoms with van der Waals surface area (Å²) in [5.41, 5.74) is 4.87. The van der Waals surface area contributed by atoms with Gasteiger partial charge in [0, 0.05) is 12.8 Å². The third kappa shape index (κ3) is 11.9. The van der Waals surface area contributed by atoms with E-state index >= 15 is 0 Å². The minimum atomic E-state index is -0.663. The SMILES string of the molecule is COC(=O)CCCCC(=O)N[C@@H](CCCCN)C(=O)OC(C)(C)C. The van der Waals surface area contributed by atoms with Gasteiger partial charge >= 0.3 is 11.9 Å². The van der Waals surface area contributed by atoms with Crippen LogP contribution in [0.5, 0.6) is 0 Å². The van der Waals surface area contributed by atoms with Crippen LogP contribution in [0.25, 0.3) is 0 Å². The Bertz CT molecular complexity index is 404. The smallest absolute Gasteiger partial charge is 0.329 e. The van der Waals surface area contributed by atoms with Crippen molar-refractivity contribution in [1.82, 2.24) is 5.32 Å². The van der Waals surface area contributed by atoms with E-state index < -0.39 is 17.6 Å². The Labute approximate surface area is 144 Å². The molecule has 0 spiro atoms. The van der Waals surface area contributed by atoms with Crippen molar-refractivity contribution in [2.75, 3.05) is 13.7 Å². The number of ether oxygens (including phenoxy) is 2. The maximum absolute atomic E-state index is 12.2.